The average Bonchev–Trinajstić information content (AvgIpc) is 2.41. The van der Waals surface area contributed by atoms with Gasteiger partial charge in [-0.1, -0.05) is 20.3 Å². The van der Waals surface area contributed by atoms with Crippen LogP contribution in [0, 0.1) is 5.92 Å². The molecule has 0 radical (unpaired) electrons. The molecule has 0 aromatic carbocycles. The summed E-state index contributed by atoms with van der Waals surface area (Å²) in [4.78, 5) is 10.8. The molecule has 1 N–H and O–H groups in total. The van der Waals surface area contributed by atoms with Gasteiger partial charge in [-0.2, -0.15) is 0 Å². The maximum Gasteiger partial charge on any atom is 0.115 e. The molecule has 1 aromatic heterocycles. The number of nitrogens with one attached hydrogen (secondary N) is 1. The van der Waals surface area contributed by atoms with Gasteiger partial charge in [0.1, 0.15) is 6.33 Å². The van der Waals surface area contributed by atoms with Crippen molar-refractivity contribution in [1.29, 1.82) is 0 Å². The summed E-state index contributed by atoms with van der Waals surface area (Å²) in [6.45, 7) is 9.98. The van der Waals surface area contributed by atoms with E-state index >= 15 is 0 Å². The van der Waals surface area contributed by atoms with Gasteiger partial charge < -0.3 is 5.32 Å². The van der Waals surface area contributed by atoms with E-state index in [4.69, 9.17) is 0 Å². The van der Waals surface area contributed by atoms with Crippen molar-refractivity contribution in [2.75, 3.05) is 13.1 Å². The third-order valence-corrected chi connectivity index (χ3v) is 4.07. The first-order valence-corrected chi connectivity index (χ1v) is 6.93. The summed E-state index contributed by atoms with van der Waals surface area (Å²) in [7, 11) is 0. The lowest BCUT2D eigenvalue weighted by molar-refractivity contribution is 0.110. The van der Waals surface area contributed by atoms with Crippen LogP contribution in [0.4, 0.5) is 0 Å². The van der Waals surface area contributed by atoms with Gasteiger partial charge in [-0.05, 0) is 18.9 Å². The van der Waals surface area contributed by atoms with E-state index in [1.165, 1.54) is 6.42 Å². The van der Waals surface area contributed by atoms with Crippen LogP contribution in [0.1, 0.15) is 32.9 Å². The highest BCUT2D eigenvalue weighted by Crippen LogP contribution is 2.17. The van der Waals surface area contributed by atoms with Crippen molar-refractivity contribution in [2.24, 2.45) is 5.92 Å². The van der Waals surface area contributed by atoms with Gasteiger partial charge in [-0.3, -0.25) is 4.90 Å². The molecule has 0 bridgehead atoms. The Morgan fingerprint density at radius 1 is 1.56 bits per heavy atom. The molecule has 1 aliphatic heterocycles. The summed E-state index contributed by atoms with van der Waals surface area (Å²) >= 11 is 0. The van der Waals surface area contributed by atoms with E-state index in [-0.39, 0.29) is 0 Å². The van der Waals surface area contributed by atoms with Crippen LogP contribution in [-0.2, 0) is 6.54 Å². The number of piperazine rings is 1. The highest BCUT2D eigenvalue weighted by Gasteiger charge is 2.27. The molecule has 0 saturated carbocycles. The van der Waals surface area contributed by atoms with Crippen LogP contribution in [0.3, 0.4) is 0 Å². The minimum Gasteiger partial charge on any atom is -0.311 e. The van der Waals surface area contributed by atoms with Crippen molar-refractivity contribution in [3.05, 3.63) is 24.3 Å². The van der Waals surface area contributed by atoms with Gasteiger partial charge in [0.15, 0.2) is 0 Å². The summed E-state index contributed by atoms with van der Waals surface area (Å²) in [6.07, 6.45) is 4.68. The zero-order chi connectivity index (χ0) is 13.0. The van der Waals surface area contributed by atoms with Crippen molar-refractivity contribution in [3.63, 3.8) is 0 Å². The fourth-order valence-electron chi connectivity index (χ4n) is 2.45. The number of hydrogen-bond donors (Lipinski definition) is 1. The van der Waals surface area contributed by atoms with Gasteiger partial charge in [0.2, 0.25) is 0 Å². The quantitative estimate of drug-likeness (QED) is 0.880. The van der Waals surface area contributed by atoms with Crippen molar-refractivity contribution in [2.45, 2.75) is 45.8 Å². The Morgan fingerprint density at radius 3 is 3.06 bits per heavy atom. The van der Waals surface area contributed by atoms with Crippen molar-refractivity contribution < 1.29 is 0 Å². The SMILES string of the molecule is CCC(C)C1CN(Cc2ccncn2)C(C)CN1. The van der Waals surface area contributed by atoms with Crippen molar-refractivity contribution in [1.82, 2.24) is 20.2 Å². The highest BCUT2D eigenvalue weighted by molar-refractivity contribution is 4.99. The van der Waals surface area contributed by atoms with Gasteiger partial charge >= 0.3 is 0 Å². The first kappa shape index (κ1) is 13.4. The molecule has 100 valence electrons. The van der Waals surface area contributed by atoms with Gasteiger partial charge in [0.05, 0.1) is 5.69 Å². The maximum absolute atomic E-state index is 4.32. The van der Waals surface area contributed by atoms with E-state index in [0.717, 1.165) is 31.2 Å². The van der Waals surface area contributed by atoms with Crippen molar-refractivity contribution in [3.8, 4) is 0 Å². The zero-order valence-corrected chi connectivity index (χ0v) is 11.6. The lowest BCUT2D eigenvalue weighted by atomic mass is 9.95. The maximum atomic E-state index is 4.32. The van der Waals surface area contributed by atoms with Gasteiger partial charge in [-0.15, -0.1) is 0 Å². The molecule has 0 amide bonds. The second kappa shape index (κ2) is 6.25. The summed E-state index contributed by atoms with van der Waals surface area (Å²) < 4.78 is 0. The number of rotatable bonds is 4. The van der Waals surface area contributed by atoms with Crippen LogP contribution in [0.2, 0.25) is 0 Å². The van der Waals surface area contributed by atoms with Gasteiger partial charge in [-0.25, -0.2) is 9.97 Å². The molecule has 1 saturated heterocycles. The van der Waals surface area contributed by atoms with Gasteiger partial charge in [0.25, 0.3) is 0 Å². The fourth-order valence-corrected chi connectivity index (χ4v) is 2.45. The highest BCUT2D eigenvalue weighted by atomic mass is 15.2. The van der Waals surface area contributed by atoms with Gasteiger partial charge in [0, 0.05) is 37.9 Å². The van der Waals surface area contributed by atoms with Crippen LogP contribution in [0.5, 0.6) is 0 Å². The molecule has 4 heteroatoms. The van der Waals surface area contributed by atoms with E-state index in [2.05, 4.69) is 41.0 Å². The molecule has 2 heterocycles. The Bertz CT molecular complexity index is 354. The van der Waals surface area contributed by atoms with E-state index < -0.39 is 0 Å². The van der Waals surface area contributed by atoms with Crippen LogP contribution in [-0.4, -0.2) is 40.0 Å². The van der Waals surface area contributed by atoms with E-state index in [9.17, 15) is 0 Å². The predicted molar refractivity (Wildman–Crippen MR) is 73.1 cm³/mol. The molecule has 2 rings (SSSR count). The summed E-state index contributed by atoms with van der Waals surface area (Å²) in [6, 6.07) is 3.18. The number of aromatic nitrogens is 2. The largest absolute Gasteiger partial charge is 0.311 e. The lowest BCUT2D eigenvalue weighted by Gasteiger charge is -2.40. The second-order valence-corrected chi connectivity index (χ2v) is 5.38. The minimum absolute atomic E-state index is 0.570. The Hall–Kier alpha value is -1.00. The lowest BCUT2D eigenvalue weighted by Crippen LogP contribution is -2.57. The second-order valence-electron chi connectivity index (χ2n) is 5.38. The first-order valence-electron chi connectivity index (χ1n) is 6.93. The third kappa shape index (κ3) is 3.27. The Balaban J connectivity index is 1.97. The molecular weight excluding hydrogens is 224 g/mol. The summed E-state index contributed by atoms with van der Waals surface area (Å²) in [5.41, 5.74) is 1.11. The fraction of sp³-hybridized carbons (Fsp3) is 0.714. The van der Waals surface area contributed by atoms with Crippen molar-refractivity contribution >= 4 is 0 Å². The summed E-state index contributed by atoms with van der Waals surface area (Å²) in [5.74, 6) is 0.727. The molecule has 1 aliphatic rings. The topological polar surface area (TPSA) is 41.1 Å². The molecule has 1 aromatic rings. The molecule has 3 atom stereocenters. The minimum atomic E-state index is 0.570. The molecule has 4 nitrogen and oxygen atoms in total. The van der Waals surface area contributed by atoms with Crippen LogP contribution in [0.15, 0.2) is 18.6 Å². The normalized spacial score (nSPS) is 27.1. The molecular formula is C14H24N4. The molecule has 1 fully saturated rings. The zero-order valence-electron chi connectivity index (χ0n) is 11.6. The Labute approximate surface area is 110 Å². The summed E-state index contributed by atoms with van der Waals surface area (Å²) in [5, 5.41) is 3.66. The number of nitrogens with zero attached hydrogens (tertiary/aromatic N) is 3. The van der Waals surface area contributed by atoms with Crippen LogP contribution in [0.25, 0.3) is 0 Å². The molecule has 18 heavy (non-hydrogen) atoms. The average molecular weight is 248 g/mol. The van der Waals surface area contributed by atoms with E-state index in [1.54, 1.807) is 6.33 Å². The monoisotopic (exact) mass is 248 g/mol. The standard InChI is InChI=1S/C14H24N4/c1-4-11(2)14-9-18(12(3)7-16-14)8-13-5-6-15-10-17-13/h5-6,10-12,14,16H,4,7-9H2,1-3H3. The smallest absolute Gasteiger partial charge is 0.115 e. The van der Waals surface area contributed by atoms with Crippen LogP contribution >= 0.6 is 0 Å². The third-order valence-electron chi connectivity index (χ3n) is 4.07. The van der Waals surface area contributed by atoms with E-state index in [1.807, 2.05) is 12.3 Å². The van der Waals surface area contributed by atoms with E-state index in [0.29, 0.717) is 12.1 Å². The molecule has 0 spiro atoms. The predicted octanol–water partition coefficient (Wildman–Crippen LogP) is 1.68. The molecule has 0 aliphatic carbocycles. The number of hydrogen-bond acceptors (Lipinski definition) is 4. The molecule has 3 unspecified atom stereocenters. The Morgan fingerprint density at radius 2 is 2.39 bits per heavy atom. The first-order chi connectivity index (χ1) is 8.70. The Kier molecular flexibility index (Phi) is 4.66. The van der Waals surface area contributed by atoms with Crippen LogP contribution < -0.4 is 5.32 Å².